The number of esters is 2. The number of hydrogen-bond acceptors (Lipinski definition) is 7. The van der Waals surface area contributed by atoms with Gasteiger partial charge in [-0.3, -0.25) is 0 Å². The Kier molecular flexibility index (Phi) is 7.96. The number of rotatable bonds is 8. The lowest BCUT2D eigenvalue weighted by Crippen LogP contribution is -2.40. The molecule has 0 saturated heterocycles. The molecule has 6 nitrogen and oxygen atoms in total. The van der Waals surface area contributed by atoms with Gasteiger partial charge in [-0.15, -0.1) is 11.3 Å². The molecule has 0 spiro atoms. The summed E-state index contributed by atoms with van der Waals surface area (Å²) in [7, 11) is -1.98. The summed E-state index contributed by atoms with van der Waals surface area (Å²) in [5.41, 5.74) is 1.68. The second-order valence-corrected chi connectivity index (χ2v) is 14.3. The van der Waals surface area contributed by atoms with Crippen LogP contribution in [0.25, 0.3) is 10.4 Å². The van der Waals surface area contributed by atoms with E-state index < -0.39 is 14.3 Å². The van der Waals surface area contributed by atoms with Crippen LogP contribution in [0.15, 0.2) is 24.3 Å². The van der Waals surface area contributed by atoms with Gasteiger partial charge in [-0.1, -0.05) is 20.8 Å². The van der Waals surface area contributed by atoms with Gasteiger partial charge in [0.05, 0.1) is 25.5 Å². The van der Waals surface area contributed by atoms with Crippen molar-refractivity contribution in [1.29, 1.82) is 0 Å². The summed E-state index contributed by atoms with van der Waals surface area (Å²) >= 11 is 1.32. The summed E-state index contributed by atoms with van der Waals surface area (Å²) in [6.45, 7) is 15.3. The van der Waals surface area contributed by atoms with Crippen LogP contribution in [-0.2, 0) is 20.5 Å². The first-order valence-electron chi connectivity index (χ1n) is 10.1. The van der Waals surface area contributed by atoms with Gasteiger partial charge in [-0.25, -0.2) is 14.6 Å². The average molecular weight is 450 g/mol. The third-order valence-electron chi connectivity index (χ3n) is 5.12. The van der Waals surface area contributed by atoms with Crippen LogP contribution in [0.5, 0.6) is 0 Å². The molecule has 2 heterocycles. The Bertz CT molecular complexity index is 901. The molecule has 2 aromatic rings. The molecule has 0 saturated carbocycles. The highest BCUT2D eigenvalue weighted by Gasteiger charge is 2.37. The second kappa shape index (κ2) is 9.85. The number of nitrogens with zero attached hydrogens (tertiary/aromatic N) is 1. The Morgan fingerprint density at radius 3 is 2.27 bits per heavy atom. The van der Waals surface area contributed by atoms with Crippen LogP contribution in [0.4, 0.5) is 0 Å². The number of ether oxygens (including phenoxy) is 2. The predicted molar refractivity (Wildman–Crippen MR) is 121 cm³/mol. The molecule has 164 valence electrons. The van der Waals surface area contributed by atoms with E-state index in [0.29, 0.717) is 23.8 Å². The molecule has 0 bridgehead atoms. The zero-order chi connectivity index (χ0) is 22.5. The van der Waals surface area contributed by atoms with Crippen molar-refractivity contribution >= 4 is 31.6 Å². The molecule has 2 aromatic heterocycles. The summed E-state index contributed by atoms with van der Waals surface area (Å²) < 4.78 is 16.5. The van der Waals surface area contributed by atoms with Gasteiger partial charge < -0.3 is 13.9 Å². The molecular weight excluding hydrogens is 418 g/mol. The van der Waals surface area contributed by atoms with E-state index in [4.69, 9.17) is 13.9 Å². The van der Waals surface area contributed by atoms with Crippen molar-refractivity contribution in [3.63, 3.8) is 0 Å². The van der Waals surface area contributed by atoms with Gasteiger partial charge in [0.15, 0.2) is 8.32 Å². The zero-order valence-corrected chi connectivity index (χ0v) is 20.6. The van der Waals surface area contributed by atoms with Crippen LogP contribution in [-0.4, -0.2) is 38.5 Å². The predicted octanol–water partition coefficient (Wildman–Crippen LogP) is 5.69. The number of carbonyl (C=O) groups is 2. The van der Waals surface area contributed by atoms with E-state index in [9.17, 15) is 9.59 Å². The fourth-order valence-electron chi connectivity index (χ4n) is 2.39. The monoisotopic (exact) mass is 449 g/mol. The summed E-state index contributed by atoms with van der Waals surface area (Å²) in [5, 5.41) is 0.0663. The van der Waals surface area contributed by atoms with Crippen molar-refractivity contribution in [3.8, 4) is 10.4 Å². The summed E-state index contributed by atoms with van der Waals surface area (Å²) in [4.78, 5) is 30.2. The van der Waals surface area contributed by atoms with Crippen LogP contribution in [0.2, 0.25) is 18.1 Å². The lowest BCUT2D eigenvalue weighted by molar-refractivity contribution is 0.0514. The van der Waals surface area contributed by atoms with Crippen molar-refractivity contribution in [2.24, 2.45) is 0 Å². The lowest BCUT2D eigenvalue weighted by Gasteiger charge is -2.36. The van der Waals surface area contributed by atoms with Gasteiger partial charge in [-0.05, 0) is 61.8 Å². The van der Waals surface area contributed by atoms with Gasteiger partial charge in [0, 0.05) is 4.88 Å². The Morgan fingerprint density at radius 1 is 1.03 bits per heavy atom. The quantitative estimate of drug-likeness (QED) is 0.381. The Hall–Kier alpha value is -2.03. The molecule has 0 fully saturated rings. The van der Waals surface area contributed by atoms with Gasteiger partial charge in [0.2, 0.25) is 0 Å². The van der Waals surface area contributed by atoms with Gasteiger partial charge in [-0.2, -0.15) is 0 Å². The summed E-state index contributed by atoms with van der Waals surface area (Å²) in [5.74, 6) is -0.829. The molecule has 0 atom stereocenters. The van der Waals surface area contributed by atoms with Crippen LogP contribution in [0, 0.1) is 0 Å². The molecule has 0 aliphatic carbocycles. The normalized spacial score (nSPS) is 12.0. The molecule has 30 heavy (non-hydrogen) atoms. The number of aromatic nitrogens is 1. The third kappa shape index (κ3) is 5.99. The standard InChI is InChI=1S/C22H31NO5SSi/c1-8-26-20(24)17-13-15(18-10-11-19(29-18)21(25)27-9-2)12-16(23-17)14-28-30(6,7)22(3,4)5/h10-13H,8-9,14H2,1-7H3. The van der Waals surface area contributed by atoms with Gasteiger partial charge >= 0.3 is 11.9 Å². The number of carbonyl (C=O) groups excluding carboxylic acids is 2. The third-order valence-corrected chi connectivity index (χ3v) is 10.7. The zero-order valence-electron chi connectivity index (χ0n) is 18.8. The Labute approximate surface area is 183 Å². The maximum absolute atomic E-state index is 12.4. The van der Waals surface area contributed by atoms with Crippen molar-refractivity contribution in [3.05, 3.63) is 40.5 Å². The topological polar surface area (TPSA) is 74.7 Å². The van der Waals surface area contributed by atoms with Crippen molar-refractivity contribution < 1.29 is 23.5 Å². The van der Waals surface area contributed by atoms with E-state index in [2.05, 4.69) is 38.8 Å². The van der Waals surface area contributed by atoms with E-state index in [-0.39, 0.29) is 23.3 Å². The Balaban J connectivity index is 2.38. The summed E-state index contributed by atoms with van der Waals surface area (Å²) in [6.07, 6.45) is 0. The largest absolute Gasteiger partial charge is 0.462 e. The first-order chi connectivity index (χ1) is 14.0. The minimum Gasteiger partial charge on any atom is -0.462 e. The molecule has 0 unspecified atom stereocenters. The molecule has 8 heteroatoms. The van der Waals surface area contributed by atoms with Crippen LogP contribution in [0.3, 0.4) is 0 Å². The van der Waals surface area contributed by atoms with Gasteiger partial charge in [0.25, 0.3) is 0 Å². The number of hydrogen-bond donors (Lipinski definition) is 0. The van der Waals surface area contributed by atoms with E-state index in [0.717, 1.165) is 10.4 Å². The fourth-order valence-corrected chi connectivity index (χ4v) is 4.22. The van der Waals surface area contributed by atoms with E-state index in [1.807, 2.05) is 12.1 Å². The van der Waals surface area contributed by atoms with Crippen LogP contribution < -0.4 is 0 Å². The highest BCUT2D eigenvalue weighted by molar-refractivity contribution is 7.17. The van der Waals surface area contributed by atoms with Crippen molar-refractivity contribution in [2.75, 3.05) is 13.2 Å². The Morgan fingerprint density at radius 2 is 1.67 bits per heavy atom. The van der Waals surface area contributed by atoms with E-state index >= 15 is 0 Å². The highest BCUT2D eigenvalue weighted by Crippen LogP contribution is 2.37. The molecule has 0 radical (unpaired) electrons. The smallest absolute Gasteiger partial charge is 0.356 e. The van der Waals surface area contributed by atoms with E-state index in [1.54, 1.807) is 26.0 Å². The molecule has 0 amide bonds. The maximum Gasteiger partial charge on any atom is 0.356 e. The average Bonchev–Trinajstić information content (AvgIpc) is 3.16. The molecule has 0 N–H and O–H groups in total. The summed E-state index contributed by atoms with van der Waals surface area (Å²) in [6, 6.07) is 7.17. The fraction of sp³-hybridized carbons (Fsp3) is 0.500. The molecule has 2 rings (SSSR count). The first kappa shape index (κ1) is 24.2. The second-order valence-electron chi connectivity index (χ2n) is 8.39. The van der Waals surface area contributed by atoms with Crippen molar-refractivity contribution in [1.82, 2.24) is 4.98 Å². The number of pyridine rings is 1. The van der Waals surface area contributed by atoms with Crippen LogP contribution in [0.1, 0.15) is 60.5 Å². The maximum atomic E-state index is 12.4. The lowest BCUT2D eigenvalue weighted by atomic mass is 10.1. The van der Waals surface area contributed by atoms with E-state index in [1.165, 1.54) is 11.3 Å². The first-order valence-corrected chi connectivity index (χ1v) is 13.8. The molecule has 0 aliphatic heterocycles. The molecular formula is C22H31NO5SSi. The molecule has 0 aliphatic rings. The SMILES string of the molecule is CCOC(=O)c1cc(-c2ccc(C(=O)OCC)s2)cc(CO[Si](C)(C)C(C)(C)C)n1. The number of thiophene rings is 1. The van der Waals surface area contributed by atoms with Crippen LogP contribution >= 0.6 is 11.3 Å². The van der Waals surface area contributed by atoms with Crippen molar-refractivity contribution in [2.45, 2.75) is 59.4 Å². The minimum absolute atomic E-state index is 0.0663. The minimum atomic E-state index is -1.98. The molecule has 0 aromatic carbocycles. The highest BCUT2D eigenvalue weighted by atomic mass is 32.1. The van der Waals surface area contributed by atoms with Gasteiger partial charge in [0.1, 0.15) is 10.6 Å².